The van der Waals surface area contributed by atoms with Gasteiger partial charge < -0.3 is 15.5 Å². The van der Waals surface area contributed by atoms with Gasteiger partial charge in [-0.05, 0) is 54.8 Å². The zero-order valence-electron chi connectivity index (χ0n) is 18.8. The number of hydrogen-bond acceptors (Lipinski definition) is 4. The number of aromatic nitrogens is 1. The lowest BCUT2D eigenvalue weighted by Crippen LogP contribution is -2.43. The molecule has 0 bridgehead atoms. The van der Waals surface area contributed by atoms with Crippen LogP contribution in [0.3, 0.4) is 0 Å². The SMILES string of the molecule is O=C(Nc1cccc(CNC(=O)C2CCN(C(=O)c3ccc(F)cc3F)CC2)c1)c1ccncc1. The summed E-state index contributed by atoms with van der Waals surface area (Å²) in [6.45, 7) is 0.909. The summed E-state index contributed by atoms with van der Waals surface area (Å²) in [5, 5.41) is 5.73. The van der Waals surface area contributed by atoms with E-state index in [1.807, 2.05) is 6.07 Å². The molecule has 7 nitrogen and oxygen atoms in total. The average molecular weight is 478 g/mol. The van der Waals surface area contributed by atoms with E-state index in [4.69, 9.17) is 0 Å². The Bertz CT molecular complexity index is 1230. The first-order valence-electron chi connectivity index (χ1n) is 11.2. The number of pyridine rings is 1. The Kier molecular flexibility index (Phi) is 7.45. The fraction of sp³-hybridized carbons (Fsp3) is 0.231. The van der Waals surface area contributed by atoms with Crippen LogP contribution in [-0.4, -0.2) is 40.7 Å². The monoisotopic (exact) mass is 478 g/mol. The number of hydrogen-bond donors (Lipinski definition) is 2. The molecule has 2 heterocycles. The summed E-state index contributed by atoms with van der Waals surface area (Å²) in [4.78, 5) is 42.9. The molecular formula is C26H24F2N4O3. The summed E-state index contributed by atoms with van der Waals surface area (Å²) in [6, 6.07) is 13.3. The summed E-state index contributed by atoms with van der Waals surface area (Å²) in [5.74, 6) is -2.80. The van der Waals surface area contributed by atoms with Gasteiger partial charge in [-0.1, -0.05) is 12.1 Å². The van der Waals surface area contributed by atoms with Crippen molar-refractivity contribution in [3.05, 3.63) is 95.3 Å². The number of halogens is 2. The molecule has 9 heteroatoms. The number of likely N-dealkylation sites (tertiary alicyclic amines) is 1. The highest BCUT2D eigenvalue weighted by molar-refractivity contribution is 6.04. The molecule has 3 amide bonds. The molecule has 1 aliphatic heterocycles. The molecular weight excluding hydrogens is 454 g/mol. The molecule has 2 N–H and O–H groups in total. The van der Waals surface area contributed by atoms with Crippen LogP contribution in [0.2, 0.25) is 0 Å². The Balaban J connectivity index is 1.27. The van der Waals surface area contributed by atoms with Crippen LogP contribution in [0.25, 0.3) is 0 Å². The van der Waals surface area contributed by atoms with E-state index in [1.54, 1.807) is 42.7 Å². The Hall–Kier alpha value is -4.14. The second-order valence-corrected chi connectivity index (χ2v) is 8.30. The van der Waals surface area contributed by atoms with Crippen molar-refractivity contribution in [2.24, 2.45) is 5.92 Å². The number of benzene rings is 2. The molecule has 0 radical (unpaired) electrons. The fourth-order valence-corrected chi connectivity index (χ4v) is 3.98. The molecule has 0 unspecified atom stereocenters. The Morgan fingerprint density at radius 2 is 1.71 bits per heavy atom. The van der Waals surface area contributed by atoms with Gasteiger partial charge in [-0.25, -0.2) is 8.78 Å². The molecule has 35 heavy (non-hydrogen) atoms. The van der Waals surface area contributed by atoms with Crippen molar-refractivity contribution >= 4 is 23.4 Å². The largest absolute Gasteiger partial charge is 0.352 e. The van der Waals surface area contributed by atoms with Crippen LogP contribution < -0.4 is 10.6 Å². The van der Waals surface area contributed by atoms with Gasteiger partial charge in [0.15, 0.2) is 0 Å². The van der Waals surface area contributed by atoms with Crippen LogP contribution in [0, 0.1) is 17.6 Å². The number of rotatable bonds is 6. The Labute approximate surface area is 201 Å². The molecule has 0 atom stereocenters. The van der Waals surface area contributed by atoms with Crippen molar-refractivity contribution in [2.75, 3.05) is 18.4 Å². The molecule has 1 aliphatic rings. The highest BCUT2D eigenvalue weighted by Crippen LogP contribution is 2.21. The molecule has 1 aromatic heterocycles. The summed E-state index contributed by atoms with van der Waals surface area (Å²) >= 11 is 0. The molecule has 180 valence electrons. The number of piperidine rings is 1. The van der Waals surface area contributed by atoms with E-state index < -0.39 is 17.5 Å². The van der Waals surface area contributed by atoms with Crippen molar-refractivity contribution in [3.8, 4) is 0 Å². The van der Waals surface area contributed by atoms with E-state index in [1.165, 1.54) is 4.90 Å². The minimum atomic E-state index is -0.894. The molecule has 0 spiro atoms. The number of carbonyl (C=O) groups excluding carboxylic acids is 3. The van der Waals surface area contributed by atoms with E-state index in [2.05, 4.69) is 15.6 Å². The number of nitrogens with zero attached hydrogens (tertiary/aromatic N) is 2. The highest BCUT2D eigenvalue weighted by atomic mass is 19.1. The van der Waals surface area contributed by atoms with Gasteiger partial charge in [0.2, 0.25) is 5.91 Å². The fourth-order valence-electron chi connectivity index (χ4n) is 3.98. The molecule has 3 aromatic rings. The van der Waals surface area contributed by atoms with Crippen LogP contribution in [0.15, 0.2) is 67.0 Å². The third kappa shape index (κ3) is 6.06. The molecule has 1 saturated heterocycles. The molecule has 4 rings (SSSR count). The minimum Gasteiger partial charge on any atom is -0.352 e. The normalized spacial score (nSPS) is 13.8. The van der Waals surface area contributed by atoms with Crippen molar-refractivity contribution in [3.63, 3.8) is 0 Å². The maximum Gasteiger partial charge on any atom is 0.256 e. The van der Waals surface area contributed by atoms with Crippen molar-refractivity contribution in [1.29, 1.82) is 0 Å². The summed E-state index contributed by atoms with van der Waals surface area (Å²) in [6.07, 6.45) is 3.98. The average Bonchev–Trinajstić information content (AvgIpc) is 2.88. The molecule has 1 fully saturated rings. The minimum absolute atomic E-state index is 0.128. The predicted octanol–water partition coefficient (Wildman–Crippen LogP) is 3.78. The van der Waals surface area contributed by atoms with Gasteiger partial charge in [-0.15, -0.1) is 0 Å². The van der Waals surface area contributed by atoms with Crippen molar-refractivity contribution in [1.82, 2.24) is 15.2 Å². The van der Waals surface area contributed by atoms with Gasteiger partial charge in [0.05, 0.1) is 5.56 Å². The first-order valence-corrected chi connectivity index (χ1v) is 11.2. The summed E-state index contributed by atoms with van der Waals surface area (Å²) in [5.41, 5.74) is 1.75. The van der Waals surface area contributed by atoms with Gasteiger partial charge >= 0.3 is 0 Å². The summed E-state index contributed by atoms with van der Waals surface area (Å²) < 4.78 is 27.0. The van der Waals surface area contributed by atoms with Crippen molar-refractivity contribution in [2.45, 2.75) is 19.4 Å². The van der Waals surface area contributed by atoms with E-state index in [0.29, 0.717) is 43.2 Å². The smallest absolute Gasteiger partial charge is 0.256 e. The van der Waals surface area contributed by atoms with E-state index >= 15 is 0 Å². The number of nitrogens with one attached hydrogen (secondary N) is 2. The van der Waals surface area contributed by atoms with E-state index in [-0.39, 0.29) is 29.8 Å². The summed E-state index contributed by atoms with van der Waals surface area (Å²) in [7, 11) is 0. The van der Waals surface area contributed by atoms with Crippen LogP contribution in [0.4, 0.5) is 14.5 Å². The third-order valence-electron chi connectivity index (χ3n) is 5.91. The third-order valence-corrected chi connectivity index (χ3v) is 5.91. The quantitative estimate of drug-likeness (QED) is 0.564. The van der Waals surface area contributed by atoms with Crippen molar-refractivity contribution < 1.29 is 23.2 Å². The van der Waals surface area contributed by atoms with Gasteiger partial charge in [0, 0.05) is 55.3 Å². The molecule has 2 aromatic carbocycles. The zero-order chi connectivity index (χ0) is 24.8. The maximum atomic E-state index is 13.9. The first-order chi connectivity index (χ1) is 16.9. The van der Waals surface area contributed by atoms with Crippen LogP contribution in [0.5, 0.6) is 0 Å². The van der Waals surface area contributed by atoms with Gasteiger partial charge in [-0.3, -0.25) is 19.4 Å². The van der Waals surface area contributed by atoms with Gasteiger partial charge in [-0.2, -0.15) is 0 Å². The first kappa shape index (κ1) is 24.0. The van der Waals surface area contributed by atoms with Crippen LogP contribution in [0.1, 0.15) is 39.1 Å². The lowest BCUT2D eigenvalue weighted by molar-refractivity contribution is -0.126. The Morgan fingerprint density at radius 3 is 2.43 bits per heavy atom. The van der Waals surface area contributed by atoms with Gasteiger partial charge in [0.1, 0.15) is 11.6 Å². The van der Waals surface area contributed by atoms with E-state index in [9.17, 15) is 23.2 Å². The lowest BCUT2D eigenvalue weighted by Gasteiger charge is -2.31. The Morgan fingerprint density at radius 1 is 0.971 bits per heavy atom. The second kappa shape index (κ2) is 10.9. The van der Waals surface area contributed by atoms with Gasteiger partial charge in [0.25, 0.3) is 11.8 Å². The highest BCUT2D eigenvalue weighted by Gasteiger charge is 2.28. The molecule has 0 aliphatic carbocycles. The molecule has 0 saturated carbocycles. The van der Waals surface area contributed by atoms with Crippen LogP contribution >= 0.6 is 0 Å². The topological polar surface area (TPSA) is 91.4 Å². The lowest BCUT2D eigenvalue weighted by atomic mass is 9.95. The number of carbonyl (C=O) groups is 3. The number of anilines is 1. The number of amides is 3. The standard InChI is InChI=1S/C26H24F2N4O3/c27-20-4-5-22(23(28)15-20)26(35)32-12-8-19(9-13-32)24(33)30-16-17-2-1-3-21(14-17)31-25(34)18-6-10-29-11-7-18/h1-7,10-11,14-15,19H,8-9,12-13,16H2,(H,30,33)(H,31,34). The van der Waals surface area contributed by atoms with E-state index in [0.717, 1.165) is 17.7 Å². The zero-order valence-corrected chi connectivity index (χ0v) is 18.8. The van der Waals surface area contributed by atoms with Crippen LogP contribution in [-0.2, 0) is 11.3 Å². The predicted molar refractivity (Wildman–Crippen MR) is 125 cm³/mol. The second-order valence-electron chi connectivity index (χ2n) is 8.30. The maximum absolute atomic E-state index is 13.9.